The number of nitrogens with zero attached hydrogens (tertiary/aromatic N) is 1. The Labute approximate surface area is 113 Å². The maximum Gasteiger partial charge on any atom is 0.407 e. The van der Waals surface area contributed by atoms with E-state index >= 15 is 0 Å². The predicted octanol–water partition coefficient (Wildman–Crippen LogP) is 3.04. The lowest BCUT2D eigenvalue weighted by molar-refractivity contribution is 0.0953. The summed E-state index contributed by atoms with van der Waals surface area (Å²) in [5.74, 6) is 0.463. The molecule has 1 aromatic rings. The molecule has 0 aromatic heterocycles. The van der Waals surface area contributed by atoms with Crippen LogP contribution in [0.1, 0.15) is 36.0 Å². The fourth-order valence-corrected chi connectivity index (χ4v) is 2.58. The summed E-state index contributed by atoms with van der Waals surface area (Å²) in [4.78, 5) is 24.4. The van der Waals surface area contributed by atoms with Gasteiger partial charge in [0.25, 0.3) is 0 Å². The smallest absolute Gasteiger partial charge is 0.407 e. The monoisotopic (exact) mass is 261 g/mol. The maximum absolute atomic E-state index is 12.0. The molecule has 0 spiro atoms. The van der Waals surface area contributed by atoms with Crippen molar-refractivity contribution < 1.29 is 14.7 Å². The second-order valence-electron chi connectivity index (χ2n) is 5.06. The third-order valence-corrected chi connectivity index (χ3v) is 3.66. The lowest BCUT2D eigenvalue weighted by atomic mass is 9.91. The molecule has 1 fully saturated rings. The molecular weight excluding hydrogens is 242 g/mol. The highest BCUT2D eigenvalue weighted by Gasteiger charge is 2.23. The Hall–Kier alpha value is -1.84. The first-order chi connectivity index (χ1) is 9.16. The van der Waals surface area contributed by atoms with Gasteiger partial charge >= 0.3 is 6.09 Å². The second kappa shape index (κ2) is 6.36. The van der Waals surface area contributed by atoms with Crippen molar-refractivity contribution in [2.75, 3.05) is 13.1 Å². The third-order valence-electron chi connectivity index (χ3n) is 3.66. The van der Waals surface area contributed by atoms with Gasteiger partial charge in [-0.25, -0.2) is 4.79 Å². The van der Waals surface area contributed by atoms with Gasteiger partial charge in [-0.2, -0.15) is 0 Å². The summed E-state index contributed by atoms with van der Waals surface area (Å²) in [7, 11) is 0. The fraction of sp³-hybridized carbons (Fsp3) is 0.467. The van der Waals surface area contributed by atoms with Gasteiger partial charge in [-0.3, -0.25) is 4.79 Å². The Morgan fingerprint density at radius 1 is 1.26 bits per heavy atom. The highest BCUT2D eigenvalue weighted by Crippen LogP contribution is 2.22. The average molecular weight is 261 g/mol. The molecule has 1 heterocycles. The van der Waals surface area contributed by atoms with Crippen molar-refractivity contribution in [2.45, 2.75) is 25.7 Å². The first-order valence-corrected chi connectivity index (χ1v) is 6.73. The van der Waals surface area contributed by atoms with Gasteiger partial charge < -0.3 is 10.0 Å². The molecule has 4 heteroatoms. The van der Waals surface area contributed by atoms with E-state index in [9.17, 15) is 9.59 Å². The molecule has 1 amide bonds. The van der Waals surface area contributed by atoms with E-state index in [2.05, 4.69) is 0 Å². The minimum absolute atomic E-state index is 0.146. The lowest BCUT2D eigenvalue weighted by Crippen LogP contribution is -2.39. The van der Waals surface area contributed by atoms with Crippen LogP contribution < -0.4 is 0 Å². The van der Waals surface area contributed by atoms with Crippen molar-refractivity contribution in [1.82, 2.24) is 4.90 Å². The lowest BCUT2D eigenvalue weighted by Gasteiger charge is -2.30. The van der Waals surface area contributed by atoms with Gasteiger partial charge in [-0.1, -0.05) is 30.3 Å². The molecule has 4 nitrogen and oxygen atoms in total. The quantitative estimate of drug-likeness (QED) is 0.847. The molecule has 102 valence electrons. The van der Waals surface area contributed by atoms with Crippen LogP contribution in [0.4, 0.5) is 4.79 Å². The summed E-state index contributed by atoms with van der Waals surface area (Å²) in [6.45, 7) is 1.19. The van der Waals surface area contributed by atoms with Crippen LogP contribution in [0.3, 0.4) is 0 Å². The molecule has 0 saturated carbocycles. The largest absolute Gasteiger partial charge is 0.465 e. The summed E-state index contributed by atoms with van der Waals surface area (Å²) < 4.78 is 0. The van der Waals surface area contributed by atoms with Crippen LogP contribution in [-0.4, -0.2) is 35.0 Å². The molecular formula is C15H19NO3. The molecule has 1 aromatic carbocycles. The molecule has 0 aliphatic carbocycles. The van der Waals surface area contributed by atoms with Crippen molar-refractivity contribution in [3.63, 3.8) is 0 Å². The number of carbonyl (C=O) groups is 2. The van der Waals surface area contributed by atoms with Crippen LogP contribution >= 0.6 is 0 Å². The zero-order valence-corrected chi connectivity index (χ0v) is 10.9. The van der Waals surface area contributed by atoms with E-state index in [0.717, 1.165) is 24.8 Å². The van der Waals surface area contributed by atoms with Crippen molar-refractivity contribution in [3.05, 3.63) is 35.9 Å². The van der Waals surface area contributed by atoms with E-state index in [1.807, 2.05) is 30.3 Å². The van der Waals surface area contributed by atoms with Crippen LogP contribution in [-0.2, 0) is 0 Å². The fourth-order valence-electron chi connectivity index (χ4n) is 2.58. The highest BCUT2D eigenvalue weighted by atomic mass is 16.4. The summed E-state index contributed by atoms with van der Waals surface area (Å²) in [6, 6.07) is 9.27. The number of carboxylic acid groups (broad SMARTS) is 1. The van der Waals surface area contributed by atoms with E-state index in [1.54, 1.807) is 0 Å². The van der Waals surface area contributed by atoms with Gasteiger partial charge in [-0.05, 0) is 25.2 Å². The molecule has 1 N–H and O–H groups in total. The van der Waals surface area contributed by atoms with Crippen LogP contribution in [0.2, 0.25) is 0 Å². The Bertz CT molecular complexity index is 444. The molecule has 1 aliphatic heterocycles. The van der Waals surface area contributed by atoms with Crippen molar-refractivity contribution in [1.29, 1.82) is 0 Å². The summed E-state index contributed by atoms with van der Waals surface area (Å²) in [5.41, 5.74) is 0.744. The van der Waals surface area contributed by atoms with E-state index < -0.39 is 6.09 Å². The third kappa shape index (κ3) is 3.81. The maximum atomic E-state index is 12.0. The van der Waals surface area contributed by atoms with Crippen LogP contribution in [0.15, 0.2) is 30.3 Å². The van der Waals surface area contributed by atoms with E-state index in [4.69, 9.17) is 5.11 Å². The average Bonchev–Trinajstić information content (AvgIpc) is 2.46. The SMILES string of the molecule is O=C(CCC1CCCN(C(=O)O)C1)c1ccccc1. The van der Waals surface area contributed by atoms with Crippen LogP contribution in [0.5, 0.6) is 0 Å². The number of benzene rings is 1. The first kappa shape index (κ1) is 13.6. The Morgan fingerprint density at radius 3 is 2.68 bits per heavy atom. The minimum Gasteiger partial charge on any atom is -0.465 e. The number of rotatable bonds is 4. The van der Waals surface area contributed by atoms with Crippen LogP contribution in [0, 0.1) is 5.92 Å². The first-order valence-electron chi connectivity index (χ1n) is 6.73. The molecule has 0 radical (unpaired) electrons. The Morgan fingerprint density at radius 2 is 2.00 bits per heavy atom. The van der Waals surface area contributed by atoms with Gasteiger partial charge in [0.2, 0.25) is 0 Å². The topological polar surface area (TPSA) is 57.6 Å². The predicted molar refractivity (Wildman–Crippen MR) is 72.3 cm³/mol. The van der Waals surface area contributed by atoms with Gasteiger partial charge in [0.05, 0.1) is 0 Å². The van der Waals surface area contributed by atoms with Gasteiger partial charge in [0.15, 0.2) is 5.78 Å². The second-order valence-corrected chi connectivity index (χ2v) is 5.06. The Kier molecular flexibility index (Phi) is 4.55. The molecule has 1 unspecified atom stereocenters. The molecule has 0 bridgehead atoms. The Balaban J connectivity index is 1.82. The number of amides is 1. The highest BCUT2D eigenvalue weighted by molar-refractivity contribution is 5.95. The van der Waals surface area contributed by atoms with E-state index in [1.165, 1.54) is 4.90 Å². The number of ketones is 1. The van der Waals surface area contributed by atoms with Crippen molar-refractivity contribution in [2.24, 2.45) is 5.92 Å². The normalized spacial score (nSPS) is 19.2. The molecule has 1 saturated heterocycles. The zero-order valence-electron chi connectivity index (χ0n) is 10.9. The number of Topliss-reactive ketones (excluding diaryl/α,β-unsaturated/α-hetero) is 1. The zero-order chi connectivity index (χ0) is 13.7. The summed E-state index contributed by atoms with van der Waals surface area (Å²) in [5, 5.41) is 8.97. The molecule has 1 aliphatic rings. The number of likely N-dealkylation sites (tertiary alicyclic amines) is 1. The molecule has 2 rings (SSSR count). The van der Waals surface area contributed by atoms with Crippen molar-refractivity contribution in [3.8, 4) is 0 Å². The summed E-state index contributed by atoms with van der Waals surface area (Å²) in [6.07, 6.45) is 2.35. The van der Waals surface area contributed by atoms with E-state index in [-0.39, 0.29) is 5.78 Å². The summed E-state index contributed by atoms with van der Waals surface area (Å²) >= 11 is 0. The standard InChI is InChI=1S/C15H19NO3/c17-14(13-6-2-1-3-7-13)9-8-12-5-4-10-16(11-12)15(18)19/h1-3,6-7,12H,4-5,8-11H2,(H,18,19). The number of piperidine rings is 1. The molecule has 1 atom stereocenters. The number of hydrogen-bond acceptors (Lipinski definition) is 2. The van der Waals surface area contributed by atoms with Gasteiger partial charge in [0, 0.05) is 25.1 Å². The van der Waals surface area contributed by atoms with Crippen molar-refractivity contribution >= 4 is 11.9 Å². The number of hydrogen-bond donors (Lipinski definition) is 1. The number of carbonyl (C=O) groups excluding carboxylic acids is 1. The van der Waals surface area contributed by atoms with Crippen LogP contribution in [0.25, 0.3) is 0 Å². The van der Waals surface area contributed by atoms with Gasteiger partial charge in [0.1, 0.15) is 0 Å². The minimum atomic E-state index is -0.848. The van der Waals surface area contributed by atoms with Gasteiger partial charge in [-0.15, -0.1) is 0 Å². The van der Waals surface area contributed by atoms with E-state index in [0.29, 0.717) is 25.4 Å². The molecule has 19 heavy (non-hydrogen) atoms.